The lowest BCUT2D eigenvalue weighted by Crippen LogP contribution is -2.40. The van der Waals surface area contributed by atoms with Gasteiger partial charge in [0.25, 0.3) is 5.91 Å². The van der Waals surface area contributed by atoms with E-state index in [1.807, 2.05) is 49.1 Å². The van der Waals surface area contributed by atoms with E-state index in [1.54, 1.807) is 0 Å². The molecule has 1 aromatic heterocycles. The van der Waals surface area contributed by atoms with Gasteiger partial charge in [0.05, 0.1) is 11.3 Å². The number of likely N-dealkylation sites (tertiary alicyclic amines) is 1. The Kier molecular flexibility index (Phi) is 5.29. The summed E-state index contributed by atoms with van der Waals surface area (Å²) in [5.74, 6) is 0.474. The Morgan fingerprint density at radius 3 is 2.56 bits per heavy atom. The number of rotatable bonds is 4. The first kappa shape index (κ1) is 18.1. The molecule has 1 fully saturated rings. The second-order valence-electron chi connectivity index (χ2n) is 7.43. The molecular weight excluding hydrogens is 382 g/mol. The highest BCUT2D eigenvalue weighted by Crippen LogP contribution is 2.27. The van der Waals surface area contributed by atoms with Crippen LogP contribution in [0.3, 0.4) is 0 Å². The lowest BCUT2D eigenvalue weighted by molar-refractivity contribution is 0.0357. The molecule has 2 heterocycles. The molecule has 3 rings (SSSR count). The van der Waals surface area contributed by atoms with Crippen LogP contribution in [0.25, 0.3) is 11.3 Å². The van der Waals surface area contributed by atoms with Crippen LogP contribution in [0.1, 0.15) is 43.6 Å². The number of aromatic amines is 1. The molecule has 0 radical (unpaired) electrons. The van der Waals surface area contributed by atoms with Gasteiger partial charge in [-0.1, -0.05) is 28.1 Å². The van der Waals surface area contributed by atoms with Crippen molar-refractivity contribution in [2.24, 2.45) is 5.92 Å². The number of nitrogens with zero attached hydrogens (tertiary/aromatic N) is 2. The molecule has 1 amide bonds. The summed E-state index contributed by atoms with van der Waals surface area (Å²) in [4.78, 5) is 14.6. The standard InChI is InChI=1S/C19H24BrN3O2/c1-19(2,25)12-13-7-9-23(10-8-13)18(24)17-11-16(21-22-17)14-3-5-15(20)6-4-14/h3-6,11,13,25H,7-10,12H2,1-2H3,(H,21,22). The highest BCUT2D eigenvalue weighted by Gasteiger charge is 2.28. The molecule has 0 unspecified atom stereocenters. The first-order valence-electron chi connectivity index (χ1n) is 8.65. The molecule has 0 saturated carbocycles. The van der Waals surface area contributed by atoms with Crippen LogP contribution in [0.2, 0.25) is 0 Å². The lowest BCUT2D eigenvalue weighted by atomic mass is 9.86. The second-order valence-corrected chi connectivity index (χ2v) is 8.34. The van der Waals surface area contributed by atoms with E-state index in [1.165, 1.54) is 0 Å². The predicted octanol–water partition coefficient (Wildman–Crippen LogP) is 3.85. The van der Waals surface area contributed by atoms with Crippen molar-refractivity contribution in [2.45, 2.75) is 38.7 Å². The Labute approximate surface area is 156 Å². The van der Waals surface area contributed by atoms with Crippen LogP contribution in [0.5, 0.6) is 0 Å². The minimum Gasteiger partial charge on any atom is -0.390 e. The van der Waals surface area contributed by atoms with E-state index in [-0.39, 0.29) is 5.91 Å². The Morgan fingerprint density at radius 1 is 1.32 bits per heavy atom. The minimum absolute atomic E-state index is 0.00225. The van der Waals surface area contributed by atoms with Crippen molar-refractivity contribution in [1.29, 1.82) is 0 Å². The zero-order valence-corrected chi connectivity index (χ0v) is 16.2. The van der Waals surface area contributed by atoms with Gasteiger partial charge in [-0.15, -0.1) is 0 Å². The molecule has 0 spiro atoms. The van der Waals surface area contributed by atoms with Crippen LogP contribution < -0.4 is 0 Å². The van der Waals surface area contributed by atoms with E-state index in [0.29, 0.717) is 11.6 Å². The van der Waals surface area contributed by atoms with Gasteiger partial charge >= 0.3 is 0 Å². The van der Waals surface area contributed by atoms with Crippen LogP contribution in [0, 0.1) is 5.92 Å². The summed E-state index contributed by atoms with van der Waals surface area (Å²) >= 11 is 3.42. The number of piperidine rings is 1. The van der Waals surface area contributed by atoms with Gasteiger partial charge in [-0.2, -0.15) is 5.10 Å². The van der Waals surface area contributed by atoms with Gasteiger partial charge in [0, 0.05) is 23.1 Å². The molecule has 2 N–H and O–H groups in total. The van der Waals surface area contributed by atoms with Crippen molar-refractivity contribution in [3.63, 3.8) is 0 Å². The van der Waals surface area contributed by atoms with E-state index < -0.39 is 5.60 Å². The fourth-order valence-corrected chi connectivity index (χ4v) is 3.68. The number of amides is 1. The first-order chi connectivity index (χ1) is 11.8. The van der Waals surface area contributed by atoms with Gasteiger partial charge in [-0.25, -0.2) is 0 Å². The van der Waals surface area contributed by atoms with Gasteiger partial charge in [-0.05, 0) is 57.2 Å². The predicted molar refractivity (Wildman–Crippen MR) is 101 cm³/mol. The molecule has 2 aromatic rings. The largest absolute Gasteiger partial charge is 0.390 e. The molecule has 0 aliphatic carbocycles. The fraction of sp³-hybridized carbons (Fsp3) is 0.474. The van der Waals surface area contributed by atoms with Gasteiger partial charge < -0.3 is 10.0 Å². The topological polar surface area (TPSA) is 69.2 Å². The monoisotopic (exact) mass is 405 g/mol. The number of nitrogens with one attached hydrogen (secondary N) is 1. The van der Waals surface area contributed by atoms with Gasteiger partial charge in [0.2, 0.25) is 0 Å². The molecule has 1 aliphatic heterocycles. The molecule has 25 heavy (non-hydrogen) atoms. The summed E-state index contributed by atoms with van der Waals surface area (Å²) in [6.07, 6.45) is 2.65. The van der Waals surface area contributed by atoms with Crippen molar-refractivity contribution in [1.82, 2.24) is 15.1 Å². The number of aliphatic hydroxyl groups is 1. The van der Waals surface area contributed by atoms with Crippen molar-refractivity contribution < 1.29 is 9.90 Å². The maximum atomic E-state index is 12.7. The summed E-state index contributed by atoms with van der Waals surface area (Å²) in [7, 11) is 0. The summed E-state index contributed by atoms with van der Waals surface area (Å²) in [5, 5.41) is 17.1. The highest BCUT2D eigenvalue weighted by atomic mass is 79.9. The van der Waals surface area contributed by atoms with Crippen LogP contribution in [-0.4, -0.2) is 44.8 Å². The van der Waals surface area contributed by atoms with Crippen molar-refractivity contribution in [3.8, 4) is 11.3 Å². The number of carbonyl (C=O) groups is 1. The summed E-state index contributed by atoms with van der Waals surface area (Å²) < 4.78 is 1.01. The number of hydrogen-bond acceptors (Lipinski definition) is 3. The Morgan fingerprint density at radius 2 is 1.96 bits per heavy atom. The zero-order valence-electron chi connectivity index (χ0n) is 14.6. The van der Waals surface area contributed by atoms with E-state index in [2.05, 4.69) is 26.1 Å². The highest BCUT2D eigenvalue weighted by molar-refractivity contribution is 9.10. The van der Waals surface area contributed by atoms with Crippen LogP contribution in [-0.2, 0) is 0 Å². The lowest BCUT2D eigenvalue weighted by Gasteiger charge is -2.34. The van der Waals surface area contributed by atoms with Crippen molar-refractivity contribution in [3.05, 3.63) is 40.5 Å². The van der Waals surface area contributed by atoms with E-state index in [9.17, 15) is 9.90 Å². The average Bonchev–Trinajstić information content (AvgIpc) is 3.04. The maximum absolute atomic E-state index is 12.7. The Balaban J connectivity index is 1.62. The number of H-pyrrole nitrogens is 1. The van der Waals surface area contributed by atoms with Crippen molar-refractivity contribution in [2.75, 3.05) is 13.1 Å². The maximum Gasteiger partial charge on any atom is 0.271 e. The minimum atomic E-state index is -0.639. The first-order valence-corrected chi connectivity index (χ1v) is 9.44. The number of carbonyl (C=O) groups excluding carboxylic acids is 1. The van der Waals surface area contributed by atoms with Crippen molar-refractivity contribution >= 4 is 21.8 Å². The Hall–Kier alpha value is -1.66. The third kappa shape index (κ3) is 4.70. The number of benzene rings is 1. The molecule has 0 bridgehead atoms. The van der Waals surface area contributed by atoms with E-state index in [0.717, 1.165) is 48.1 Å². The van der Waals surface area contributed by atoms with Gasteiger partial charge in [0.1, 0.15) is 5.69 Å². The second kappa shape index (κ2) is 7.30. The van der Waals surface area contributed by atoms with Crippen LogP contribution >= 0.6 is 15.9 Å². The van der Waals surface area contributed by atoms with E-state index >= 15 is 0 Å². The SMILES string of the molecule is CC(C)(O)CC1CCN(C(=O)c2cc(-c3ccc(Br)cc3)n[nH]2)CC1. The molecule has 1 aliphatic rings. The number of hydrogen-bond donors (Lipinski definition) is 2. The van der Waals surface area contributed by atoms with Crippen LogP contribution in [0.15, 0.2) is 34.8 Å². The molecule has 0 atom stereocenters. The quantitative estimate of drug-likeness (QED) is 0.811. The third-order valence-electron chi connectivity index (χ3n) is 4.64. The van der Waals surface area contributed by atoms with Crippen LogP contribution in [0.4, 0.5) is 0 Å². The fourth-order valence-electron chi connectivity index (χ4n) is 3.42. The van der Waals surface area contributed by atoms with E-state index in [4.69, 9.17) is 0 Å². The summed E-state index contributed by atoms with van der Waals surface area (Å²) in [6.45, 7) is 5.15. The zero-order chi connectivity index (χ0) is 18.0. The molecule has 5 nitrogen and oxygen atoms in total. The molecule has 134 valence electrons. The normalized spacial score (nSPS) is 16.2. The van der Waals surface area contributed by atoms with Gasteiger partial charge in [0.15, 0.2) is 0 Å². The molecule has 6 heteroatoms. The average molecular weight is 406 g/mol. The number of aromatic nitrogens is 2. The molecule has 1 saturated heterocycles. The smallest absolute Gasteiger partial charge is 0.271 e. The Bertz CT molecular complexity index is 726. The summed E-state index contributed by atoms with van der Waals surface area (Å²) in [6, 6.07) is 9.67. The summed E-state index contributed by atoms with van der Waals surface area (Å²) in [5.41, 5.74) is 1.63. The molecular formula is C19H24BrN3O2. The number of halogens is 1. The molecule has 1 aromatic carbocycles. The third-order valence-corrected chi connectivity index (χ3v) is 5.17. The van der Waals surface area contributed by atoms with Gasteiger partial charge in [-0.3, -0.25) is 9.89 Å².